The minimum absolute atomic E-state index is 0.0868. The van der Waals surface area contributed by atoms with Crippen LogP contribution in [0.1, 0.15) is 6.42 Å². The maximum Gasteiger partial charge on any atom is 0.325 e. The van der Waals surface area contributed by atoms with Gasteiger partial charge in [0.1, 0.15) is 16.8 Å². The summed E-state index contributed by atoms with van der Waals surface area (Å²) in [5.41, 5.74) is 2.20. The number of nitrogens with one attached hydrogen (secondary N) is 2. The van der Waals surface area contributed by atoms with Gasteiger partial charge in [-0.15, -0.1) is 0 Å². The lowest BCUT2D eigenvalue weighted by Gasteiger charge is -2.07. The molecule has 0 saturated heterocycles. The van der Waals surface area contributed by atoms with E-state index in [1.807, 2.05) is 18.2 Å². The molecule has 0 radical (unpaired) electrons. The molecule has 128 valence electrons. The highest BCUT2D eigenvalue weighted by molar-refractivity contribution is 7.51. The number of aromatic nitrogens is 3. The standard InChI is InChI=1S/C14H16ClN4O4P/c1-23-8-3-4-10-9(7-8)11-12(17-10)13(19-14(15)18-11)16-5-2-6-24(20,21)22/h3-4,7,17H,2,5-6H2,1H3,(H,16,18,19)(H2,20,21,22). The number of anilines is 1. The second-order valence-electron chi connectivity index (χ2n) is 5.27. The molecule has 24 heavy (non-hydrogen) atoms. The minimum atomic E-state index is -4.00. The van der Waals surface area contributed by atoms with E-state index in [4.69, 9.17) is 26.1 Å². The predicted octanol–water partition coefficient (Wildman–Crippen LogP) is 2.75. The van der Waals surface area contributed by atoms with Gasteiger partial charge in [0.2, 0.25) is 5.28 Å². The van der Waals surface area contributed by atoms with E-state index in [-0.39, 0.29) is 11.4 Å². The van der Waals surface area contributed by atoms with Gasteiger partial charge >= 0.3 is 7.60 Å². The Bertz CT molecular complexity index is 939. The molecule has 0 spiro atoms. The first-order chi connectivity index (χ1) is 11.4. The molecule has 0 saturated carbocycles. The van der Waals surface area contributed by atoms with E-state index in [0.717, 1.165) is 10.9 Å². The van der Waals surface area contributed by atoms with Crippen molar-refractivity contribution in [3.8, 4) is 5.75 Å². The molecule has 2 aromatic heterocycles. The average molecular weight is 371 g/mol. The van der Waals surface area contributed by atoms with Gasteiger partial charge in [-0.2, -0.15) is 4.98 Å². The molecule has 0 aliphatic carbocycles. The average Bonchev–Trinajstić information content (AvgIpc) is 2.88. The fourth-order valence-corrected chi connectivity index (χ4v) is 3.20. The number of rotatable bonds is 6. The molecule has 3 aromatic rings. The van der Waals surface area contributed by atoms with Crippen LogP contribution in [0.15, 0.2) is 18.2 Å². The van der Waals surface area contributed by atoms with Crippen molar-refractivity contribution in [2.24, 2.45) is 0 Å². The Kier molecular flexibility index (Phi) is 4.64. The van der Waals surface area contributed by atoms with E-state index < -0.39 is 7.60 Å². The van der Waals surface area contributed by atoms with Crippen molar-refractivity contribution in [2.45, 2.75) is 6.42 Å². The van der Waals surface area contributed by atoms with Crippen LogP contribution in [0.5, 0.6) is 5.75 Å². The van der Waals surface area contributed by atoms with Gasteiger partial charge in [-0.3, -0.25) is 4.57 Å². The molecule has 8 nitrogen and oxygen atoms in total. The molecule has 0 atom stereocenters. The van der Waals surface area contributed by atoms with Crippen LogP contribution >= 0.6 is 19.2 Å². The number of hydrogen-bond acceptors (Lipinski definition) is 5. The van der Waals surface area contributed by atoms with Gasteiger partial charge in [-0.05, 0) is 36.2 Å². The zero-order valence-electron chi connectivity index (χ0n) is 12.8. The summed E-state index contributed by atoms with van der Waals surface area (Å²) in [5.74, 6) is 1.19. The Morgan fingerprint density at radius 2 is 2.17 bits per heavy atom. The van der Waals surface area contributed by atoms with Crippen LogP contribution in [0, 0.1) is 0 Å². The summed E-state index contributed by atoms with van der Waals surface area (Å²) in [6.45, 7) is 0.353. The first-order valence-corrected chi connectivity index (χ1v) is 9.36. The Morgan fingerprint density at radius 3 is 2.88 bits per heavy atom. The fourth-order valence-electron chi connectivity index (χ4n) is 2.46. The van der Waals surface area contributed by atoms with E-state index in [2.05, 4.69) is 20.3 Å². The van der Waals surface area contributed by atoms with Crippen LogP contribution in [0.4, 0.5) is 5.82 Å². The van der Waals surface area contributed by atoms with Crippen molar-refractivity contribution in [2.75, 3.05) is 25.1 Å². The van der Waals surface area contributed by atoms with E-state index in [1.54, 1.807) is 7.11 Å². The van der Waals surface area contributed by atoms with Gasteiger partial charge in [0.05, 0.1) is 13.3 Å². The molecular weight excluding hydrogens is 355 g/mol. The largest absolute Gasteiger partial charge is 0.497 e. The maximum absolute atomic E-state index is 10.9. The molecule has 0 fully saturated rings. The van der Waals surface area contributed by atoms with Crippen molar-refractivity contribution in [1.82, 2.24) is 15.0 Å². The minimum Gasteiger partial charge on any atom is -0.497 e. The van der Waals surface area contributed by atoms with Gasteiger partial charge < -0.3 is 24.8 Å². The van der Waals surface area contributed by atoms with Crippen molar-refractivity contribution in [1.29, 1.82) is 0 Å². The summed E-state index contributed by atoms with van der Waals surface area (Å²) >= 11 is 6.01. The summed E-state index contributed by atoms with van der Waals surface area (Å²) in [7, 11) is -2.41. The van der Waals surface area contributed by atoms with Crippen LogP contribution in [0.25, 0.3) is 21.9 Å². The predicted molar refractivity (Wildman–Crippen MR) is 93.0 cm³/mol. The third-order valence-corrected chi connectivity index (χ3v) is 4.61. The smallest absolute Gasteiger partial charge is 0.325 e. The van der Waals surface area contributed by atoms with Gasteiger partial charge in [0, 0.05) is 17.4 Å². The molecule has 0 amide bonds. The number of nitrogens with zero attached hydrogens (tertiary/aromatic N) is 2. The van der Waals surface area contributed by atoms with Crippen LogP contribution in [-0.2, 0) is 4.57 Å². The summed E-state index contributed by atoms with van der Waals surface area (Å²) < 4.78 is 16.1. The maximum atomic E-state index is 10.9. The molecule has 3 rings (SSSR count). The third kappa shape index (κ3) is 3.62. The van der Waals surface area contributed by atoms with Gasteiger partial charge in [0.15, 0.2) is 5.82 Å². The zero-order chi connectivity index (χ0) is 17.3. The van der Waals surface area contributed by atoms with E-state index >= 15 is 0 Å². The number of hydrogen-bond donors (Lipinski definition) is 4. The zero-order valence-corrected chi connectivity index (χ0v) is 14.4. The SMILES string of the molecule is COc1ccc2[nH]c3c(NCCCP(=O)(O)O)nc(Cl)nc3c2c1. The highest BCUT2D eigenvalue weighted by Crippen LogP contribution is 2.35. The lowest BCUT2D eigenvalue weighted by atomic mass is 10.2. The molecule has 0 bridgehead atoms. The van der Waals surface area contributed by atoms with Crippen LogP contribution < -0.4 is 10.1 Å². The summed E-state index contributed by atoms with van der Waals surface area (Å²) in [6.07, 6.45) is 0.118. The molecule has 0 aliphatic rings. The molecule has 1 aromatic carbocycles. The Labute approximate surface area is 142 Å². The number of benzene rings is 1. The summed E-state index contributed by atoms with van der Waals surface area (Å²) in [4.78, 5) is 29.4. The molecule has 0 aliphatic heterocycles. The molecule has 4 N–H and O–H groups in total. The molecular formula is C14H16ClN4O4P. The van der Waals surface area contributed by atoms with E-state index in [1.165, 1.54) is 0 Å². The van der Waals surface area contributed by atoms with Crippen LogP contribution in [0.3, 0.4) is 0 Å². The lowest BCUT2D eigenvalue weighted by Crippen LogP contribution is -2.06. The number of aromatic amines is 1. The quantitative estimate of drug-likeness (QED) is 0.299. The summed E-state index contributed by atoms with van der Waals surface area (Å²) in [5, 5.41) is 3.99. The number of H-pyrrole nitrogens is 1. The summed E-state index contributed by atoms with van der Waals surface area (Å²) in [6, 6.07) is 5.57. The van der Waals surface area contributed by atoms with Gasteiger partial charge in [-0.1, -0.05) is 0 Å². The van der Waals surface area contributed by atoms with Gasteiger partial charge in [-0.25, -0.2) is 4.98 Å². The van der Waals surface area contributed by atoms with Crippen molar-refractivity contribution >= 4 is 47.0 Å². The highest BCUT2D eigenvalue weighted by atomic mass is 35.5. The Balaban J connectivity index is 1.94. The Morgan fingerprint density at radius 1 is 1.38 bits per heavy atom. The number of methoxy groups -OCH3 is 1. The third-order valence-electron chi connectivity index (χ3n) is 3.54. The second kappa shape index (κ2) is 6.57. The highest BCUT2D eigenvalue weighted by Gasteiger charge is 2.15. The molecule has 2 heterocycles. The lowest BCUT2D eigenvalue weighted by molar-refractivity contribution is 0.372. The van der Waals surface area contributed by atoms with Crippen LogP contribution in [-0.4, -0.2) is 44.6 Å². The number of ether oxygens (including phenoxy) is 1. The van der Waals surface area contributed by atoms with Crippen molar-refractivity contribution in [3.63, 3.8) is 0 Å². The monoisotopic (exact) mass is 370 g/mol. The molecule has 0 unspecified atom stereocenters. The number of fused-ring (bicyclic) bond motifs is 3. The van der Waals surface area contributed by atoms with E-state index in [0.29, 0.717) is 35.6 Å². The second-order valence-corrected chi connectivity index (χ2v) is 7.38. The van der Waals surface area contributed by atoms with Crippen LogP contribution in [0.2, 0.25) is 5.28 Å². The number of halogens is 1. The topological polar surface area (TPSA) is 120 Å². The van der Waals surface area contributed by atoms with Crippen molar-refractivity contribution < 1.29 is 19.1 Å². The Hall–Kier alpha value is -1.86. The fraction of sp³-hybridized carbons (Fsp3) is 0.286. The van der Waals surface area contributed by atoms with E-state index in [9.17, 15) is 4.57 Å². The van der Waals surface area contributed by atoms with Gasteiger partial charge in [0.25, 0.3) is 0 Å². The first kappa shape index (κ1) is 17.0. The first-order valence-electron chi connectivity index (χ1n) is 7.19. The van der Waals surface area contributed by atoms with Crippen molar-refractivity contribution in [3.05, 3.63) is 23.5 Å². The normalized spacial score (nSPS) is 12.0. The molecule has 10 heteroatoms.